The van der Waals surface area contributed by atoms with Gasteiger partial charge in [0, 0.05) is 11.3 Å². The van der Waals surface area contributed by atoms with Crippen LogP contribution in [0.25, 0.3) is 0 Å². The molecule has 0 aromatic carbocycles. The van der Waals surface area contributed by atoms with Gasteiger partial charge in [-0.25, -0.2) is 0 Å². The van der Waals surface area contributed by atoms with Crippen molar-refractivity contribution in [2.45, 2.75) is 74.7 Å². The van der Waals surface area contributed by atoms with Gasteiger partial charge >= 0.3 is 0 Å². The molecule has 1 nitrogen and oxygen atoms in total. The number of thioether (sulfide) groups is 3. The van der Waals surface area contributed by atoms with Crippen LogP contribution >= 0.6 is 35.3 Å². The Morgan fingerprint density at radius 1 is 0.889 bits per heavy atom. The van der Waals surface area contributed by atoms with Crippen molar-refractivity contribution in [3.63, 3.8) is 0 Å². The molecule has 4 heteroatoms. The molecule has 154 valence electrons. The molecule has 0 aliphatic heterocycles. The van der Waals surface area contributed by atoms with Gasteiger partial charge in [-0.05, 0) is 80.0 Å². The van der Waals surface area contributed by atoms with Crippen molar-refractivity contribution in [1.82, 2.24) is 0 Å². The fourth-order valence-electron chi connectivity index (χ4n) is 8.34. The number of hydrogen-bond donors (Lipinski definition) is 1. The Bertz CT molecular complexity index is 619. The molecule has 4 aliphatic carbocycles. The normalized spacial score (nSPS) is 48.2. The Labute approximate surface area is 179 Å². The molecule has 27 heavy (non-hydrogen) atoms. The van der Waals surface area contributed by atoms with Gasteiger partial charge in [0.2, 0.25) is 0 Å². The van der Waals surface area contributed by atoms with Crippen molar-refractivity contribution in [2.24, 2.45) is 34.0 Å². The molecular weight excluding hydrogens is 388 g/mol. The van der Waals surface area contributed by atoms with E-state index in [1.165, 1.54) is 38.5 Å². The highest BCUT2D eigenvalue weighted by Crippen LogP contribution is 2.75. The molecule has 4 rings (SSSR count). The first-order chi connectivity index (χ1) is 12.7. The Hall–Kier alpha value is 0.750. The molecule has 0 radical (unpaired) electrons. The van der Waals surface area contributed by atoms with Crippen molar-refractivity contribution in [1.29, 1.82) is 0 Å². The van der Waals surface area contributed by atoms with Crippen molar-refractivity contribution in [2.75, 3.05) is 18.8 Å². The predicted octanol–water partition coefficient (Wildman–Crippen LogP) is 6.67. The standard InChI is InChI=1S/C23H38OS3/c1-19(2)11-7-12-20(3)16(19)8-13-21-14-9-18(21)22(24,15-10-17(20)21)23(25-4,26-5)27-6/h9,14,16-18,24H,7-8,10-13,15H2,1-6H3/t16-,17+,18-,20-,21-,22+/m0/s1. The molecule has 0 bridgehead atoms. The van der Waals surface area contributed by atoms with Crippen LogP contribution in [0.3, 0.4) is 0 Å². The zero-order valence-corrected chi connectivity index (χ0v) is 20.5. The van der Waals surface area contributed by atoms with Crippen LogP contribution in [0.5, 0.6) is 0 Å². The van der Waals surface area contributed by atoms with E-state index < -0.39 is 5.60 Å². The molecule has 3 saturated carbocycles. The van der Waals surface area contributed by atoms with Crippen LogP contribution in [0.15, 0.2) is 12.2 Å². The fraction of sp³-hybridized carbons (Fsp3) is 0.913. The largest absolute Gasteiger partial charge is 0.386 e. The summed E-state index contributed by atoms with van der Waals surface area (Å²) in [6.45, 7) is 7.68. The number of allylic oxidation sites excluding steroid dienone is 1. The minimum absolute atomic E-state index is 0.163. The monoisotopic (exact) mass is 426 g/mol. The van der Waals surface area contributed by atoms with Crippen LogP contribution in [0.4, 0.5) is 0 Å². The van der Waals surface area contributed by atoms with Gasteiger partial charge in [0.15, 0.2) is 0 Å². The molecule has 3 fully saturated rings. The lowest BCUT2D eigenvalue weighted by molar-refractivity contribution is -0.199. The van der Waals surface area contributed by atoms with E-state index in [-0.39, 0.29) is 8.83 Å². The summed E-state index contributed by atoms with van der Waals surface area (Å²) in [7, 11) is 0. The van der Waals surface area contributed by atoms with E-state index in [2.05, 4.69) is 51.7 Å². The average Bonchev–Trinajstić information content (AvgIpc) is 2.59. The third-order valence-corrected chi connectivity index (χ3v) is 15.1. The zero-order valence-electron chi connectivity index (χ0n) is 18.0. The quantitative estimate of drug-likeness (QED) is 0.400. The number of hydrogen-bond acceptors (Lipinski definition) is 4. The molecule has 0 aromatic rings. The van der Waals surface area contributed by atoms with Crippen LogP contribution in [0.2, 0.25) is 0 Å². The topological polar surface area (TPSA) is 20.2 Å². The van der Waals surface area contributed by atoms with Gasteiger partial charge in [-0.3, -0.25) is 0 Å². The van der Waals surface area contributed by atoms with Gasteiger partial charge in [-0.1, -0.05) is 39.3 Å². The Balaban J connectivity index is 1.74. The van der Waals surface area contributed by atoms with E-state index in [1.54, 1.807) is 0 Å². The molecule has 6 atom stereocenters. The van der Waals surface area contributed by atoms with Crippen LogP contribution in [0.1, 0.15) is 65.7 Å². The summed E-state index contributed by atoms with van der Waals surface area (Å²) in [6.07, 6.45) is 20.5. The molecule has 0 unspecified atom stereocenters. The van der Waals surface area contributed by atoms with Crippen molar-refractivity contribution < 1.29 is 5.11 Å². The number of aliphatic hydroxyl groups is 1. The highest BCUT2D eigenvalue weighted by atomic mass is 32.3. The van der Waals surface area contributed by atoms with Gasteiger partial charge < -0.3 is 5.11 Å². The van der Waals surface area contributed by atoms with Gasteiger partial charge in [-0.15, -0.1) is 35.3 Å². The average molecular weight is 427 g/mol. The van der Waals surface area contributed by atoms with E-state index in [1.807, 2.05) is 35.3 Å². The molecule has 0 aromatic heterocycles. The second kappa shape index (κ2) is 6.62. The minimum atomic E-state index is -0.607. The third kappa shape index (κ3) is 2.51. The fourth-order valence-corrected chi connectivity index (χ4v) is 12.1. The summed E-state index contributed by atoms with van der Waals surface area (Å²) in [5.41, 5.74) is 0.569. The van der Waals surface area contributed by atoms with E-state index >= 15 is 0 Å². The lowest BCUT2D eigenvalue weighted by Gasteiger charge is -2.71. The maximum atomic E-state index is 12.2. The van der Waals surface area contributed by atoms with Gasteiger partial charge in [0.1, 0.15) is 9.01 Å². The van der Waals surface area contributed by atoms with Crippen molar-refractivity contribution in [3.8, 4) is 0 Å². The van der Waals surface area contributed by atoms with Crippen molar-refractivity contribution >= 4 is 35.3 Å². The highest BCUT2D eigenvalue weighted by Gasteiger charge is 2.71. The highest BCUT2D eigenvalue weighted by molar-refractivity contribution is 8.33. The van der Waals surface area contributed by atoms with E-state index in [0.29, 0.717) is 16.7 Å². The summed E-state index contributed by atoms with van der Waals surface area (Å²) in [5.74, 6) is 1.93. The molecule has 0 amide bonds. The molecule has 0 heterocycles. The van der Waals surface area contributed by atoms with E-state index in [9.17, 15) is 5.11 Å². The maximum absolute atomic E-state index is 12.2. The minimum Gasteiger partial charge on any atom is -0.386 e. The number of fused-ring (bicyclic) bond motifs is 2. The smallest absolute Gasteiger partial charge is 0.135 e. The van der Waals surface area contributed by atoms with E-state index in [4.69, 9.17) is 0 Å². The summed E-state index contributed by atoms with van der Waals surface area (Å²) in [4.78, 5) is 0. The first kappa shape index (κ1) is 21.0. The van der Waals surface area contributed by atoms with Crippen LogP contribution < -0.4 is 0 Å². The predicted molar refractivity (Wildman–Crippen MR) is 124 cm³/mol. The third-order valence-electron chi connectivity index (χ3n) is 9.43. The lowest BCUT2D eigenvalue weighted by atomic mass is 9.35. The zero-order chi connectivity index (χ0) is 19.7. The first-order valence-corrected chi connectivity index (χ1v) is 14.4. The number of rotatable bonds is 4. The summed E-state index contributed by atoms with van der Waals surface area (Å²) in [6, 6.07) is 0. The second-order valence-electron chi connectivity index (χ2n) is 10.6. The summed E-state index contributed by atoms with van der Waals surface area (Å²) < 4.78 is -0.163. The van der Waals surface area contributed by atoms with Crippen LogP contribution in [-0.4, -0.2) is 32.9 Å². The second-order valence-corrected chi connectivity index (χ2v) is 14.4. The maximum Gasteiger partial charge on any atom is 0.135 e. The lowest BCUT2D eigenvalue weighted by Crippen LogP contribution is -2.69. The molecule has 0 saturated heterocycles. The van der Waals surface area contributed by atoms with Gasteiger partial charge in [0.05, 0.1) is 0 Å². The van der Waals surface area contributed by atoms with E-state index in [0.717, 1.165) is 18.3 Å². The van der Waals surface area contributed by atoms with Crippen LogP contribution in [-0.2, 0) is 0 Å². The Morgan fingerprint density at radius 2 is 1.52 bits per heavy atom. The summed E-state index contributed by atoms with van der Waals surface area (Å²) >= 11 is 5.59. The Kier molecular flexibility index (Phi) is 5.15. The van der Waals surface area contributed by atoms with Crippen molar-refractivity contribution in [3.05, 3.63) is 12.2 Å². The van der Waals surface area contributed by atoms with Gasteiger partial charge in [-0.2, -0.15) is 0 Å². The molecular formula is C23H38OS3. The van der Waals surface area contributed by atoms with Crippen LogP contribution in [0, 0.1) is 34.0 Å². The molecule has 1 N–H and O–H groups in total. The summed E-state index contributed by atoms with van der Waals surface area (Å²) in [5, 5.41) is 12.2. The molecule has 1 spiro atoms. The Morgan fingerprint density at radius 3 is 2.07 bits per heavy atom. The first-order valence-electron chi connectivity index (χ1n) is 10.7. The SMILES string of the molecule is CSC(SC)(SC)[C@@]1(O)CC[C@@H]2[C@@]3(C)CCCC(C)(C)[C@@H]3CC[C@]23C=C[C@@H]31. The van der Waals surface area contributed by atoms with Gasteiger partial charge in [0.25, 0.3) is 0 Å². The molecule has 4 aliphatic rings.